The van der Waals surface area contributed by atoms with Gasteiger partial charge >= 0.3 is 12.2 Å². The van der Waals surface area contributed by atoms with Crippen molar-refractivity contribution >= 4 is 23.1 Å². The number of anilines is 2. The van der Waals surface area contributed by atoms with Crippen molar-refractivity contribution in [2.75, 3.05) is 16.8 Å². The summed E-state index contributed by atoms with van der Waals surface area (Å²) in [5.41, 5.74) is 0.238. The molecule has 0 radical (unpaired) electrons. The van der Waals surface area contributed by atoms with Crippen molar-refractivity contribution in [2.24, 2.45) is 0 Å². The standard InChI is InChI=1S/C17H13F5N7O.U/c1-8-7-28(16(30)25-10-2-11(15(18)19)26-24-5-10)12-6-23-13-3-9(4-17(20,21)22)27-29(13)14(8)12;/h2-3,5-6,15H,4,7H2,1H3,(H,25,26,30);/q-1;. The molecular weight excluding hydrogens is 651 g/mol. The molecule has 0 aliphatic carbocycles. The van der Waals surface area contributed by atoms with E-state index in [0.29, 0.717) is 17.3 Å². The SMILES string of the molecule is C[C-]1CN(C(=O)Nc2cnnc(C(F)F)c2)c2cnc3cc(CC(F)(F)F)nn3c21.[U]. The Bertz CT molecular complexity index is 1120. The first kappa shape index (κ1) is 23.2. The van der Waals surface area contributed by atoms with Gasteiger partial charge in [0, 0.05) is 37.2 Å². The quantitative estimate of drug-likeness (QED) is 0.342. The summed E-state index contributed by atoms with van der Waals surface area (Å²) >= 11 is 0. The van der Waals surface area contributed by atoms with Gasteiger partial charge in [0.1, 0.15) is 5.69 Å². The van der Waals surface area contributed by atoms with Crippen LogP contribution in [-0.4, -0.2) is 43.5 Å². The normalized spacial score (nSPS) is 13.5. The van der Waals surface area contributed by atoms with Crippen LogP contribution >= 0.6 is 0 Å². The topological polar surface area (TPSA) is 88.3 Å². The molecule has 3 aromatic rings. The van der Waals surface area contributed by atoms with Gasteiger partial charge in [-0.25, -0.2) is 18.1 Å². The van der Waals surface area contributed by atoms with Crippen LogP contribution in [0.25, 0.3) is 5.65 Å². The maximum Gasteiger partial charge on any atom is 0.394 e. The van der Waals surface area contributed by atoms with E-state index in [1.54, 1.807) is 6.92 Å². The number of nitrogens with one attached hydrogen (secondary N) is 1. The molecule has 0 unspecified atom stereocenters. The Kier molecular flexibility index (Phi) is 6.43. The van der Waals surface area contributed by atoms with E-state index in [0.717, 1.165) is 12.3 Å². The molecule has 0 fully saturated rings. The summed E-state index contributed by atoms with van der Waals surface area (Å²) in [6, 6.07) is 1.59. The van der Waals surface area contributed by atoms with Gasteiger partial charge in [-0.15, -0.1) is 12.0 Å². The second kappa shape index (κ2) is 8.58. The molecule has 1 N–H and O–H groups in total. The Morgan fingerprint density at radius 1 is 1.29 bits per heavy atom. The van der Waals surface area contributed by atoms with Gasteiger partial charge in [0.15, 0.2) is 5.65 Å². The first-order valence-electron chi connectivity index (χ1n) is 8.59. The fourth-order valence-corrected chi connectivity index (χ4v) is 3.19. The molecular formula is C17H13F5N7OU-. The van der Waals surface area contributed by atoms with E-state index in [-0.39, 0.29) is 54.7 Å². The van der Waals surface area contributed by atoms with Crippen LogP contribution in [0.1, 0.15) is 30.4 Å². The predicted molar refractivity (Wildman–Crippen MR) is 94.1 cm³/mol. The first-order valence-corrected chi connectivity index (χ1v) is 8.59. The van der Waals surface area contributed by atoms with Gasteiger partial charge in [-0.3, -0.25) is 4.98 Å². The van der Waals surface area contributed by atoms with E-state index < -0.39 is 30.7 Å². The Labute approximate surface area is 195 Å². The minimum Gasteiger partial charge on any atom is -0.381 e. The van der Waals surface area contributed by atoms with Crippen molar-refractivity contribution in [3.05, 3.63) is 47.5 Å². The van der Waals surface area contributed by atoms with E-state index >= 15 is 0 Å². The Hall–Kier alpha value is -2.46. The number of rotatable bonds is 3. The molecule has 162 valence electrons. The van der Waals surface area contributed by atoms with Crippen molar-refractivity contribution < 1.29 is 57.9 Å². The van der Waals surface area contributed by atoms with Crippen LogP contribution in [0.5, 0.6) is 0 Å². The van der Waals surface area contributed by atoms with Crippen LogP contribution in [0, 0.1) is 37.0 Å². The van der Waals surface area contributed by atoms with E-state index in [1.807, 2.05) is 0 Å². The van der Waals surface area contributed by atoms with Crippen molar-refractivity contribution in [3.8, 4) is 0 Å². The smallest absolute Gasteiger partial charge is 0.381 e. The fourth-order valence-electron chi connectivity index (χ4n) is 3.19. The van der Waals surface area contributed by atoms with Crippen molar-refractivity contribution in [1.82, 2.24) is 24.8 Å². The average molecular weight is 664 g/mol. The molecule has 4 rings (SSSR count). The molecule has 1 aliphatic heterocycles. The second-order valence-corrected chi connectivity index (χ2v) is 6.66. The van der Waals surface area contributed by atoms with Crippen molar-refractivity contribution in [3.63, 3.8) is 0 Å². The number of hydrogen-bond donors (Lipinski definition) is 1. The average Bonchev–Trinajstić information content (AvgIpc) is 3.20. The molecule has 8 nitrogen and oxygen atoms in total. The zero-order valence-electron chi connectivity index (χ0n) is 15.8. The van der Waals surface area contributed by atoms with E-state index in [1.165, 1.54) is 21.7 Å². The number of fused-ring (bicyclic) bond motifs is 3. The molecule has 4 heterocycles. The van der Waals surface area contributed by atoms with Crippen LogP contribution < -0.4 is 10.2 Å². The molecule has 3 aromatic heterocycles. The monoisotopic (exact) mass is 664 g/mol. The number of urea groups is 1. The van der Waals surface area contributed by atoms with Gasteiger partial charge in [0.2, 0.25) is 0 Å². The van der Waals surface area contributed by atoms with Gasteiger partial charge < -0.3 is 10.2 Å². The molecule has 0 bridgehead atoms. The molecule has 14 heteroatoms. The summed E-state index contributed by atoms with van der Waals surface area (Å²) in [5.74, 6) is 0.676. The zero-order chi connectivity index (χ0) is 21.6. The third-order valence-electron chi connectivity index (χ3n) is 4.38. The summed E-state index contributed by atoms with van der Waals surface area (Å²) in [4.78, 5) is 18.1. The van der Waals surface area contributed by atoms with Crippen LogP contribution in [0.15, 0.2) is 24.5 Å². The molecule has 0 atom stereocenters. The molecule has 0 aromatic carbocycles. The van der Waals surface area contributed by atoms with Crippen LogP contribution in [0.4, 0.5) is 38.1 Å². The number of halogens is 5. The molecule has 1 aliphatic rings. The zero-order valence-corrected chi connectivity index (χ0v) is 19.9. The number of hydrogen-bond acceptors (Lipinski definition) is 5. The Morgan fingerprint density at radius 3 is 2.71 bits per heavy atom. The fraction of sp³-hybridized carbons (Fsp3) is 0.294. The van der Waals surface area contributed by atoms with E-state index in [2.05, 4.69) is 25.6 Å². The van der Waals surface area contributed by atoms with Gasteiger partial charge in [-0.1, -0.05) is 11.4 Å². The molecule has 31 heavy (non-hydrogen) atoms. The number of carbonyl (C=O) groups is 1. The number of carbonyl (C=O) groups excluding carboxylic acids is 1. The Morgan fingerprint density at radius 2 is 2.03 bits per heavy atom. The number of nitrogens with zero attached hydrogens (tertiary/aromatic N) is 6. The van der Waals surface area contributed by atoms with Gasteiger partial charge in [0.25, 0.3) is 6.43 Å². The number of amides is 2. The van der Waals surface area contributed by atoms with Crippen molar-refractivity contribution in [2.45, 2.75) is 25.9 Å². The second-order valence-electron chi connectivity index (χ2n) is 6.66. The third kappa shape index (κ3) is 4.74. The molecule has 0 spiro atoms. The van der Waals surface area contributed by atoms with E-state index in [4.69, 9.17) is 0 Å². The van der Waals surface area contributed by atoms with E-state index in [9.17, 15) is 26.7 Å². The minimum absolute atomic E-state index is 0. The van der Waals surface area contributed by atoms with Crippen molar-refractivity contribution in [1.29, 1.82) is 0 Å². The molecule has 2 amide bonds. The summed E-state index contributed by atoms with van der Waals surface area (Å²) < 4.78 is 64.8. The van der Waals surface area contributed by atoms with Crippen LogP contribution in [0.2, 0.25) is 0 Å². The summed E-state index contributed by atoms with van der Waals surface area (Å²) in [6.45, 7) is 1.83. The first-order chi connectivity index (χ1) is 14.1. The molecule has 0 saturated heterocycles. The number of aromatic nitrogens is 5. The van der Waals surface area contributed by atoms with Crippen LogP contribution in [0.3, 0.4) is 0 Å². The third-order valence-corrected chi connectivity index (χ3v) is 4.38. The maximum atomic E-state index is 12.8. The van der Waals surface area contributed by atoms with Crippen LogP contribution in [-0.2, 0) is 6.42 Å². The predicted octanol–water partition coefficient (Wildman–Crippen LogP) is 3.56. The maximum absolute atomic E-state index is 12.8. The Balaban J connectivity index is 0.00000272. The van der Waals surface area contributed by atoms with Gasteiger partial charge in [-0.05, 0) is 18.8 Å². The number of alkyl halides is 5. The summed E-state index contributed by atoms with van der Waals surface area (Å²) in [5, 5.41) is 13.2. The molecule has 0 saturated carbocycles. The summed E-state index contributed by atoms with van der Waals surface area (Å²) in [7, 11) is 0. The largest absolute Gasteiger partial charge is 0.394 e. The minimum atomic E-state index is -4.42. The van der Waals surface area contributed by atoms with Gasteiger partial charge in [0.05, 0.1) is 24.0 Å². The van der Waals surface area contributed by atoms with Gasteiger partial charge in [-0.2, -0.15) is 29.3 Å². The summed E-state index contributed by atoms with van der Waals surface area (Å²) in [6.07, 6.45) is -5.98.